The van der Waals surface area contributed by atoms with Crippen molar-refractivity contribution in [2.24, 2.45) is 0 Å². The van der Waals surface area contributed by atoms with E-state index in [-0.39, 0.29) is 5.91 Å². The smallest absolute Gasteiger partial charge is 0.261 e. The van der Waals surface area contributed by atoms with E-state index in [1.165, 1.54) is 0 Å². The summed E-state index contributed by atoms with van der Waals surface area (Å²) in [6, 6.07) is 14.7. The number of rotatable bonds is 8. The number of ether oxygens (including phenoxy) is 2. The molecule has 0 unspecified atom stereocenters. The monoisotopic (exact) mass is 347 g/mol. The third kappa shape index (κ3) is 5.46. The van der Waals surface area contributed by atoms with E-state index in [1.54, 1.807) is 24.3 Å². The molecule has 1 amide bonds. The number of hydrogen-bond acceptors (Lipinski definition) is 3. The van der Waals surface area contributed by atoms with Crippen LogP contribution in [0.2, 0.25) is 5.02 Å². The Morgan fingerprint density at radius 3 is 2.50 bits per heavy atom. The molecule has 24 heavy (non-hydrogen) atoms. The van der Waals surface area contributed by atoms with Crippen LogP contribution in [0.15, 0.2) is 48.5 Å². The van der Waals surface area contributed by atoms with E-state index in [1.807, 2.05) is 38.1 Å². The molecule has 0 heterocycles. The lowest BCUT2D eigenvalue weighted by Crippen LogP contribution is -2.37. The Labute approximate surface area is 147 Å². The second-order valence-corrected chi connectivity index (χ2v) is 5.70. The number of carbonyl (C=O) groups is 1. The van der Waals surface area contributed by atoms with Gasteiger partial charge in [-0.1, -0.05) is 36.7 Å². The van der Waals surface area contributed by atoms with Crippen LogP contribution in [-0.4, -0.2) is 18.6 Å². The van der Waals surface area contributed by atoms with Crippen molar-refractivity contribution < 1.29 is 14.3 Å². The zero-order valence-electron chi connectivity index (χ0n) is 13.9. The van der Waals surface area contributed by atoms with Crippen LogP contribution in [0.4, 0.5) is 0 Å². The predicted molar refractivity (Wildman–Crippen MR) is 95.6 cm³/mol. The molecule has 0 spiro atoms. The van der Waals surface area contributed by atoms with Gasteiger partial charge >= 0.3 is 0 Å². The van der Waals surface area contributed by atoms with Gasteiger partial charge in [-0.2, -0.15) is 0 Å². The predicted octanol–water partition coefficient (Wildman–Crippen LogP) is 4.21. The Hall–Kier alpha value is -2.20. The van der Waals surface area contributed by atoms with Crippen molar-refractivity contribution >= 4 is 17.5 Å². The second-order valence-electron chi connectivity index (χ2n) is 5.27. The quantitative estimate of drug-likeness (QED) is 0.778. The van der Waals surface area contributed by atoms with Gasteiger partial charge in [0.15, 0.2) is 6.10 Å². The minimum atomic E-state index is -0.550. The third-order valence-corrected chi connectivity index (χ3v) is 3.67. The van der Waals surface area contributed by atoms with Crippen molar-refractivity contribution in [3.05, 3.63) is 59.1 Å². The summed E-state index contributed by atoms with van der Waals surface area (Å²) < 4.78 is 11.1. The number of halogens is 1. The number of carbonyl (C=O) groups excluding carboxylic acids is 1. The molecule has 2 aromatic carbocycles. The van der Waals surface area contributed by atoms with E-state index >= 15 is 0 Å². The molecule has 5 heteroatoms. The van der Waals surface area contributed by atoms with E-state index < -0.39 is 6.10 Å². The first-order chi connectivity index (χ1) is 11.6. The molecule has 0 fully saturated rings. The van der Waals surface area contributed by atoms with Crippen molar-refractivity contribution in [1.29, 1.82) is 0 Å². The van der Waals surface area contributed by atoms with E-state index in [9.17, 15) is 4.79 Å². The first kappa shape index (κ1) is 18.1. The third-order valence-electron chi connectivity index (χ3n) is 3.44. The minimum Gasteiger partial charge on any atom is -0.494 e. The number of hydrogen-bond donors (Lipinski definition) is 1. The normalized spacial score (nSPS) is 11.6. The molecule has 2 rings (SSSR count). The van der Waals surface area contributed by atoms with Crippen LogP contribution in [0.5, 0.6) is 11.5 Å². The second kappa shape index (κ2) is 9.18. The summed E-state index contributed by atoms with van der Waals surface area (Å²) in [5.41, 5.74) is 1.00. The molecule has 0 aliphatic rings. The standard InChI is InChI=1S/C19H22ClNO3/c1-3-18(24-17-7-5-6-15(20)12-17)19(22)21-13-14-8-10-16(11-9-14)23-4-2/h5-12,18H,3-4,13H2,1-2H3,(H,21,22)/t18-/m0/s1. The summed E-state index contributed by atoms with van der Waals surface area (Å²) in [4.78, 5) is 12.3. The summed E-state index contributed by atoms with van der Waals surface area (Å²) >= 11 is 5.94. The van der Waals surface area contributed by atoms with Gasteiger partial charge in [0.25, 0.3) is 5.91 Å². The fourth-order valence-electron chi connectivity index (χ4n) is 2.20. The largest absolute Gasteiger partial charge is 0.494 e. The molecule has 1 N–H and O–H groups in total. The van der Waals surface area contributed by atoms with Crippen molar-refractivity contribution in [3.63, 3.8) is 0 Å². The van der Waals surface area contributed by atoms with Gasteiger partial charge in [0.1, 0.15) is 11.5 Å². The van der Waals surface area contributed by atoms with Crippen LogP contribution in [0, 0.1) is 0 Å². The average Bonchev–Trinajstić information content (AvgIpc) is 2.59. The molecule has 0 bridgehead atoms. The van der Waals surface area contributed by atoms with Crippen molar-refractivity contribution in [2.75, 3.05) is 6.61 Å². The van der Waals surface area contributed by atoms with Crippen LogP contribution < -0.4 is 14.8 Å². The molecule has 0 radical (unpaired) electrons. The molecular weight excluding hydrogens is 326 g/mol. The molecule has 2 aromatic rings. The maximum atomic E-state index is 12.3. The van der Waals surface area contributed by atoms with Gasteiger partial charge in [-0.3, -0.25) is 4.79 Å². The van der Waals surface area contributed by atoms with Gasteiger partial charge in [0.2, 0.25) is 0 Å². The van der Waals surface area contributed by atoms with Gasteiger partial charge < -0.3 is 14.8 Å². The first-order valence-corrected chi connectivity index (χ1v) is 8.41. The van der Waals surface area contributed by atoms with E-state index in [4.69, 9.17) is 21.1 Å². The summed E-state index contributed by atoms with van der Waals surface area (Å²) in [7, 11) is 0. The first-order valence-electron chi connectivity index (χ1n) is 8.04. The molecule has 0 aromatic heterocycles. The average molecular weight is 348 g/mol. The Balaban J connectivity index is 1.89. The number of amides is 1. The molecule has 1 atom stereocenters. The number of nitrogens with one attached hydrogen (secondary N) is 1. The Kier molecular flexibility index (Phi) is 6.94. The van der Waals surface area contributed by atoms with Gasteiger partial charge in [-0.15, -0.1) is 0 Å². The fourth-order valence-corrected chi connectivity index (χ4v) is 2.38. The topological polar surface area (TPSA) is 47.6 Å². The van der Waals surface area contributed by atoms with Crippen LogP contribution in [0.1, 0.15) is 25.8 Å². The highest BCUT2D eigenvalue weighted by atomic mass is 35.5. The van der Waals surface area contributed by atoms with Crippen molar-refractivity contribution in [2.45, 2.75) is 32.9 Å². The Morgan fingerprint density at radius 2 is 1.88 bits per heavy atom. The zero-order valence-corrected chi connectivity index (χ0v) is 14.7. The molecule has 0 saturated heterocycles. The number of benzene rings is 2. The molecule has 0 aliphatic heterocycles. The molecule has 0 saturated carbocycles. The highest BCUT2D eigenvalue weighted by Gasteiger charge is 2.18. The molecule has 0 aliphatic carbocycles. The highest BCUT2D eigenvalue weighted by Crippen LogP contribution is 2.19. The van der Waals surface area contributed by atoms with Gasteiger partial charge in [0.05, 0.1) is 6.61 Å². The summed E-state index contributed by atoms with van der Waals surface area (Å²) in [6.45, 7) is 4.93. The zero-order chi connectivity index (χ0) is 17.4. The molecule has 4 nitrogen and oxygen atoms in total. The van der Waals surface area contributed by atoms with Crippen molar-refractivity contribution in [3.8, 4) is 11.5 Å². The van der Waals surface area contributed by atoms with Crippen LogP contribution in [0.25, 0.3) is 0 Å². The van der Waals surface area contributed by atoms with E-state index in [0.29, 0.717) is 30.3 Å². The SMILES string of the molecule is CCOc1ccc(CNC(=O)[C@H](CC)Oc2cccc(Cl)c2)cc1. The van der Waals surface area contributed by atoms with Gasteiger partial charge in [-0.25, -0.2) is 0 Å². The fraction of sp³-hybridized carbons (Fsp3) is 0.316. The van der Waals surface area contributed by atoms with Crippen LogP contribution >= 0.6 is 11.6 Å². The van der Waals surface area contributed by atoms with Crippen molar-refractivity contribution in [1.82, 2.24) is 5.32 Å². The maximum Gasteiger partial charge on any atom is 0.261 e. The molecule has 128 valence electrons. The summed E-state index contributed by atoms with van der Waals surface area (Å²) in [5, 5.41) is 3.48. The van der Waals surface area contributed by atoms with Gasteiger partial charge in [-0.05, 0) is 49.2 Å². The molecular formula is C19H22ClNO3. The Morgan fingerprint density at radius 1 is 1.12 bits per heavy atom. The minimum absolute atomic E-state index is 0.147. The van der Waals surface area contributed by atoms with E-state index in [2.05, 4.69) is 5.32 Å². The lowest BCUT2D eigenvalue weighted by Gasteiger charge is -2.17. The lowest BCUT2D eigenvalue weighted by molar-refractivity contribution is -0.128. The Bertz CT molecular complexity index is 658. The van der Waals surface area contributed by atoms with E-state index in [0.717, 1.165) is 11.3 Å². The van der Waals surface area contributed by atoms with Crippen LogP contribution in [0.3, 0.4) is 0 Å². The summed E-state index contributed by atoms with van der Waals surface area (Å²) in [5.74, 6) is 1.26. The van der Waals surface area contributed by atoms with Crippen LogP contribution in [-0.2, 0) is 11.3 Å². The highest BCUT2D eigenvalue weighted by molar-refractivity contribution is 6.30. The maximum absolute atomic E-state index is 12.3. The van der Waals surface area contributed by atoms with Gasteiger partial charge in [0, 0.05) is 11.6 Å². The lowest BCUT2D eigenvalue weighted by atomic mass is 10.2. The summed E-state index contributed by atoms with van der Waals surface area (Å²) in [6.07, 6.45) is 0.0212.